The summed E-state index contributed by atoms with van der Waals surface area (Å²) in [5, 5.41) is 16.8. The highest BCUT2D eigenvalue weighted by molar-refractivity contribution is 7.19. The lowest BCUT2D eigenvalue weighted by Crippen LogP contribution is -2.51. The van der Waals surface area contributed by atoms with Crippen LogP contribution in [0.4, 0.5) is 0 Å². The standard InChI is InChI=1S/C27H33ClN4O3S/c1-16-8-17(28)9-21(20(16)10-18-12-29-14-26(2,3)35-18)24-25-22(30-15-31-24)11-19(36-25)13-32-27(6-7-27)5-4-23(33)34/h8-9,11,15,18,29,32H,4-7,10,12-14H2,1-3H3,(H,33,34)/t18-/m0/s1. The lowest BCUT2D eigenvalue weighted by atomic mass is 9.93. The zero-order valence-corrected chi connectivity index (χ0v) is 22.6. The molecule has 7 nitrogen and oxygen atoms in total. The Balaban J connectivity index is 1.43. The molecular weight excluding hydrogens is 496 g/mol. The molecule has 1 aliphatic carbocycles. The number of carboxylic acid groups (broad SMARTS) is 1. The van der Waals surface area contributed by atoms with E-state index in [1.807, 2.05) is 12.1 Å². The number of rotatable bonds is 9. The second-order valence-electron chi connectivity index (χ2n) is 10.8. The first-order valence-corrected chi connectivity index (χ1v) is 13.7. The van der Waals surface area contributed by atoms with Crippen molar-refractivity contribution in [1.29, 1.82) is 0 Å². The first-order valence-electron chi connectivity index (χ1n) is 12.5. The maximum Gasteiger partial charge on any atom is 0.303 e. The lowest BCUT2D eigenvalue weighted by Gasteiger charge is -2.37. The van der Waals surface area contributed by atoms with Crippen molar-refractivity contribution < 1.29 is 14.6 Å². The van der Waals surface area contributed by atoms with E-state index in [4.69, 9.17) is 26.4 Å². The molecule has 9 heteroatoms. The minimum absolute atomic E-state index is 0.0396. The molecule has 36 heavy (non-hydrogen) atoms. The van der Waals surface area contributed by atoms with Gasteiger partial charge in [0.2, 0.25) is 0 Å². The smallest absolute Gasteiger partial charge is 0.303 e. The number of aromatic nitrogens is 2. The van der Waals surface area contributed by atoms with Crippen LogP contribution in [0.3, 0.4) is 0 Å². The first kappa shape index (κ1) is 25.5. The fourth-order valence-corrected chi connectivity index (χ4v) is 6.46. The minimum atomic E-state index is -0.740. The van der Waals surface area contributed by atoms with Crippen molar-refractivity contribution >= 4 is 39.1 Å². The lowest BCUT2D eigenvalue weighted by molar-refractivity contribution is -0.137. The number of ether oxygens (including phenoxy) is 1. The summed E-state index contributed by atoms with van der Waals surface area (Å²) >= 11 is 8.23. The molecule has 1 aromatic carbocycles. The Bertz CT molecular complexity index is 1290. The van der Waals surface area contributed by atoms with Crippen molar-refractivity contribution in [3.63, 3.8) is 0 Å². The Morgan fingerprint density at radius 1 is 1.31 bits per heavy atom. The molecule has 0 bridgehead atoms. The van der Waals surface area contributed by atoms with E-state index in [9.17, 15) is 4.79 Å². The molecule has 1 saturated carbocycles. The van der Waals surface area contributed by atoms with Gasteiger partial charge in [-0.1, -0.05) is 11.6 Å². The summed E-state index contributed by atoms with van der Waals surface area (Å²) in [4.78, 5) is 21.4. The van der Waals surface area contributed by atoms with Crippen LogP contribution < -0.4 is 10.6 Å². The number of carboxylic acids is 1. The van der Waals surface area contributed by atoms with E-state index in [-0.39, 0.29) is 23.7 Å². The SMILES string of the molecule is Cc1cc(Cl)cc(-c2ncnc3cc(CNC4(CCC(=O)O)CC4)sc23)c1C[C@H]1CNCC(C)(C)O1. The van der Waals surface area contributed by atoms with Crippen LogP contribution in [0.15, 0.2) is 24.5 Å². The summed E-state index contributed by atoms with van der Waals surface area (Å²) < 4.78 is 7.42. The number of nitrogens with zero attached hydrogens (tertiary/aromatic N) is 2. The van der Waals surface area contributed by atoms with Gasteiger partial charge < -0.3 is 20.5 Å². The number of fused-ring (bicyclic) bond motifs is 1. The minimum Gasteiger partial charge on any atom is -0.481 e. The van der Waals surface area contributed by atoms with E-state index in [1.54, 1.807) is 17.7 Å². The second-order valence-corrected chi connectivity index (χ2v) is 12.3. The van der Waals surface area contributed by atoms with E-state index >= 15 is 0 Å². The van der Waals surface area contributed by atoms with E-state index in [0.717, 1.165) is 64.3 Å². The quantitative estimate of drug-likeness (QED) is 0.355. The summed E-state index contributed by atoms with van der Waals surface area (Å²) in [6.45, 7) is 8.67. The van der Waals surface area contributed by atoms with Gasteiger partial charge in [-0.05, 0) is 69.4 Å². The Labute approximate surface area is 220 Å². The largest absolute Gasteiger partial charge is 0.481 e. The normalized spacial score (nSPS) is 20.5. The summed E-state index contributed by atoms with van der Waals surface area (Å²) in [7, 11) is 0. The van der Waals surface area contributed by atoms with Gasteiger partial charge in [0.25, 0.3) is 0 Å². The molecule has 1 saturated heterocycles. The third kappa shape index (κ3) is 5.73. The number of hydrogen-bond acceptors (Lipinski definition) is 7. The van der Waals surface area contributed by atoms with Crippen LogP contribution in [0.1, 0.15) is 55.5 Å². The van der Waals surface area contributed by atoms with Gasteiger partial charge in [-0.2, -0.15) is 0 Å². The average Bonchev–Trinajstić information content (AvgIpc) is 3.46. The Morgan fingerprint density at radius 3 is 2.83 bits per heavy atom. The highest BCUT2D eigenvalue weighted by atomic mass is 35.5. The highest BCUT2D eigenvalue weighted by Gasteiger charge is 2.42. The van der Waals surface area contributed by atoms with Gasteiger partial charge in [-0.3, -0.25) is 4.79 Å². The average molecular weight is 529 g/mol. The van der Waals surface area contributed by atoms with Gasteiger partial charge in [0.05, 0.1) is 27.6 Å². The van der Waals surface area contributed by atoms with Crippen LogP contribution in [0, 0.1) is 6.92 Å². The van der Waals surface area contributed by atoms with E-state index < -0.39 is 5.97 Å². The molecule has 2 aromatic heterocycles. The number of thiophene rings is 1. The Hall–Kier alpha value is -2.10. The zero-order chi connectivity index (χ0) is 25.5. The molecule has 1 atom stereocenters. The number of hydrogen-bond donors (Lipinski definition) is 3. The molecule has 3 aromatic rings. The molecule has 192 valence electrons. The molecule has 1 aliphatic heterocycles. The molecule has 2 fully saturated rings. The van der Waals surface area contributed by atoms with Crippen molar-refractivity contribution in [3.05, 3.63) is 45.6 Å². The molecule has 0 spiro atoms. The van der Waals surface area contributed by atoms with Crippen LogP contribution in [-0.2, 0) is 22.5 Å². The molecule has 2 aliphatic rings. The van der Waals surface area contributed by atoms with Gasteiger partial charge >= 0.3 is 5.97 Å². The third-order valence-corrected chi connectivity index (χ3v) is 8.55. The Kier molecular flexibility index (Phi) is 7.09. The number of morpholine rings is 1. The molecule has 3 heterocycles. The second kappa shape index (κ2) is 9.99. The number of halogens is 1. The fourth-order valence-electron chi connectivity index (χ4n) is 5.14. The van der Waals surface area contributed by atoms with Gasteiger partial charge in [0.1, 0.15) is 6.33 Å². The molecule has 0 radical (unpaired) electrons. The van der Waals surface area contributed by atoms with Gasteiger partial charge in [0, 0.05) is 53.5 Å². The maximum atomic E-state index is 11.0. The molecular formula is C27H33ClN4O3S. The van der Waals surface area contributed by atoms with Crippen molar-refractivity contribution in [3.8, 4) is 11.3 Å². The van der Waals surface area contributed by atoms with Gasteiger partial charge in [-0.25, -0.2) is 9.97 Å². The summed E-state index contributed by atoms with van der Waals surface area (Å²) in [6, 6.07) is 6.13. The summed E-state index contributed by atoms with van der Waals surface area (Å²) in [6.07, 6.45) is 5.37. The van der Waals surface area contributed by atoms with Crippen molar-refractivity contribution in [1.82, 2.24) is 20.6 Å². The predicted molar refractivity (Wildman–Crippen MR) is 144 cm³/mol. The van der Waals surface area contributed by atoms with Crippen molar-refractivity contribution in [2.45, 2.75) is 76.7 Å². The molecule has 0 unspecified atom stereocenters. The molecule has 0 amide bonds. The van der Waals surface area contributed by atoms with Crippen molar-refractivity contribution in [2.24, 2.45) is 0 Å². The van der Waals surface area contributed by atoms with Crippen LogP contribution >= 0.6 is 22.9 Å². The van der Waals surface area contributed by atoms with E-state index in [0.29, 0.717) is 18.0 Å². The van der Waals surface area contributed by atoms with E-state index in [1.165, 1.54) is 5.56 Å². The Morgan fingerprint density at radius 2 is 2.11 bits per heavy atom. The fraction of sp³-hybridized carbons (Fsp3) is 0.519. The van der Waals surface area contributed by atoms with Crippen molar-refractivity contribution in [2.75, 3.05) is 13.1 Å². The zero-order valence-electron chi connectivity index (χ0n) is 21.0. The van der Waals surface area contributed by atoms with Gasteiger partial charge in [0.15, 0.2) is 0 Å². The first-order chi connectivity index (χ1) is 17.1. The van der Waals surface area contributed by atoms with Crippen LogP contribution in [0.2, 0.25) is 5.02 Å². The number of nitrogens with one attached hydrogen (secondary N) is 2. The van der Waals surface area contributed by atoms with E-state index in [2.05, 4.69) is 42.5 Å². The monoisotopic (exact) mass is 528 g/mol. The molecule has 5 rings (SSSR count). The summed E-state index contributed by atoms with van der Waals surface area (Å²) in [5.74, 6) is -0.740. The topological polar surface area (TPSA) is 96.4 Å². The van der Waals surface area contributed by atoms with Crippen LogP contribution in [0.25, 0.3) is 21.5 Å². The van der Waals surface area contributed by atoms with Gasteiger partial charge in [-0.15, -0.1) is 11.3 Å². The van der Waals surface area contributed by atoms with Crippen LogP contribution in [0.5, 0.6) is 0 Å². The number of aliphatic carboxylic acids is 1. The number of carbonyl (C=O) groups is 1. The number of benzene rings is 1. The summed E-state index contributed by atoms with van der Waals surface area (Å²) in [5.41, 5.74) is 4.92. The maximum absolute atomic E-state index is 11.0. The van der Waals surface area contributed by atoms with Crippen LogP contribution in [-0.4, -0.2) is 51.4 Å². The third-order valence-electron chi connectivity index (χ3n) is 7.20. The predicted octanol–water partition coefficient (Wildman–Crippen LogP) is 5.12. The number of aryl methyl sites for hydroxylation is 1. The highest BCUT2D eigenvalue weighted by Crippen LogP contribution is 2.41. The molecule has 3 N–H and O–H groups in total.